The van der Waals surface area contributed by atoms with Gasteiger partial charge in [0.15, 0.2) is 0 Å². The van der Waals surface area contributed by atoms with Crippen LogP contribution in [0.25, 0.3) is 11.1 Å². The number of halogens is 2. The maximum atomic E-state index is 9.99. The van der Waals surface area contributed by atoms with Crippen molar-refractivity contribution in [1.29, 1.82) is 0 Å². The van der Waals surface area contributed by atoms with Crippen LogP contribution in [0.2, 0.25) is 0 Å². The molecule has 19 heavy (non-hydrogen) atoms. The van der Waals surface area contributed by atoms with Gasteiger partial charge in [-0.1, -0.05) is 31.9 Å². The lowest BCUT2D eigenvalue weighted by Crippen LogP contribution is -1.90. The van der Waals surface area contributed by atoms with Crippen molar-refractivity contribution in [2.24, 2.45) is 0 Å². The van der Waals surface area contributed by atoms with E-state index < -0.39 is 0 Å². The molecule has 0 aromatic heterocycles. The van der Waals surface area contributed by atoms with Gasteiger partial charge in [-0.05, 0) is 23.8 Å². The predicted molar refractivity (Wildman–Crippen MR) is 79.1 cm³/mol. The summed E-state index contributed by atoms with van der Waals surface area (Å²) in [6.07, 6.45) is 0. The second kappa shape index (κ2) is 5.30. The molecule has 4 nitrogen and oxygen atoms in total. The summed E-state index contributed by atoms with van der Waals surface area (Å²) < 4.78 is -0.318. The molecule has 0 saturated heterocycles. The van der Waals surface area contributed by atoms with E-state index in [0.29, 0.717) is 16.7 Å². The van der Waals surface area contributed by atoms with E-state index in [1.165, 1.54) is 30.3 Å². The number of aromatic hydroxyl groups is 4. The van der Waals surface area contributed by atoms with Crippen LogP contribution in [0.3, 0.4) is 0 Å². The first-order chi connectivity index (χ1) is 8.90. The Morgan fingerprint density at radius 3 is 2.00 bits per heavy atom. The summed E-state index contributed by atoms with van der Waals surface area (Å²) >= 11 is 6.60. The SMILES string of the molecule is Oc1ccc(-c2c(O)cc(O)cc2C(Br)Br)c(O)c1. The summed E-state index contributed by atoms with van der Waals surface area (Å²) in [4.78, 5) is 0. The molecule has 0 atom stereocenters. The van der Waals surface area contributed by atoms with Crippen LogP contribution in [-0.4, -0.2) is 20.4 Å². The van der Waals surface area contributed by atoms with Gasteiger partial charge >= 0.3 is 0 Å². The zero-order valence-electron chi connectivity index (χ0n) is 9.51. The summed E-state index contributed by atoms with van der Waals surface area (Å²) in [6.45, 7) is 0. The van der Waals surface area contributed by atoms with Crippen molar-refractivity contribution in [3.63, 3.8) is 0 Å². The van der Waals surface area contributed by atoms with Crippen LogP contribution in [0.4, 0.5) is 0 Å². The molecule has 0 aliphatic carbocycles. The summed E-state index contributed by atoms with van der Waals surface area (Å²) in [5.74, 6) is -0.489. The Kier molecular flexibility index (Phi) is 3.91. The number of alkyl halides is 2. The van der Waals surface area contributed by atoms with Crippen molar-refractivity contribution in [3.05, 3.63) is 35.9 Å². The number of hydrogen-bond acceptors (Lipinski definition) is 4. The summed E-state index contributed by atoms with van der Waals surface area (Å²) in [6, 6.07) is 6.73. The molecule has 2 rings (SSSR count). The third-order valence-corrected chi connectivity index (χ3v) is 3.61. The van der Waals surface area contributed by atoms with E-state index in [4.69, 9.17) is 0 Å². The molecule has 0 fully saturated rings. The monoisotopic (exact) mass is 388 g/mol. The average molecular weight is 390 g/mol. The molecule has 6 heteroatoms. The van der Waals surface area contributed by atoms with Crippen molar-refractivity contribution in [2.75, 3.05) is 0 Å². The average Bonchev–Trinajstić information content (AvgIpc) is 2.29. The molecule has 0 saturated carbocycles. The summed E-state index contributed by atoms with van der Waals surface area (Å²) in [7, 11) is 0. The van der Waals surface area contributed by atoms with E-state index in [1.54, 1.807) is 0 Å². The van der Waals surface area contributed by atoms with Gasteiger partial charge in [-0.2, -0.15) is 0 Å². The van der Waals surface area contributed by atoms with Gasteiger partial charge in [0.1, 0.15) is 23.0 Å². The zero-order valence-corrected chi connectivity index (χ0v) is 12.7. The van der Waals surface area contributed by atoms with Crippen LogP contribution in [0.5, 0.6) is 23.0 Å². The predicted octanol–water partition coefficient (Wildman–Crippen LogP) is 3.96. The van der Waals surface area contributed by atoms with Crippen LogP contribution in [-0.2, 0) is 0 Å². The normalized spacial score (nSPS) is 10.9. The number of phenols is 4. The fraction of sp³-hybridized carbons (Fsp3) is 0.0769. The first-order valence-corrected chi connectivity index (χ1v) is 7.09. The van der Waals surface area contributed by atoms with Crippen LogP contribution in [0.15, 0.2) is 30.3 Å². The van der Waals surface area contributed by atoms with Crippen molar-refractivity contribution < 1.29 is 20.4 Å². The number of rotatable bonds is 2. The van der Waals surface area contributed by atoms with Crippen molar-refractivity contribution in [2.45, 2.75) is 3.74 Å². The highest BCUT2D eigenvalue weighted by atomic mass is 79.9. The zero-order chi connectivity index (χ0) is 14.2. The Balaban J connectivity index is 2.74. The van der Waals surface area contributed by atoms with E-state index in [9.17, 15) is 20.4 Å². The third-order valence-electron chi connectivity index (χ3n) is 2.62. The molecule has 0 aliphatic rings. The standard InChI is InChI=1S/C13H10Br2O4/c14-13(15)9-3-7(17)5-11(19)12(9)8-2-1-6(16)4-10(8)18/h1-5,13,16-19H. The van der Waals surface area contributed by atoms with Crippen LogP contribution in [0.1, 0.15) is 9.30 Å². The molecule has 0 amide bonds. The lowest BCUT2D eigenvalue weighted by molar-refractivity contribution is 0.445. The molecular weight excluding hydrogens is 380 g/mol. The molecule has 100 valence electrons. The van der Waals surface area contributed by atoms with Gasteiger partial charge in [0.05, 0.1) is 3.74 Å². The molecular formula is C13H10Br2O4. The van der Waals surface area contributed by atoms with E-state index >= 15 is 0 Å². The Morgan fingerprint density at radius 1 is 0.789 bits per heavy atom. The minimum absolute atomic E-state index is 0.0738. The number of hydrogen-bond donors (Lipinski definition) is 4. The van der Waals surface area contributed by atoms with Crippen molar-refractivity contribution in [1.82, 2.24) is 0 Å². The Hall–Kier alpha value is -1.40. The largest absolute Gasteiger partial charge is 0.508 e. The second-order valence-electron chi connectivity index (χ2n) is 3.93. The van der Waals surface area contributed by atoms with Gasteiger partial charge in [-0.3, -0.25) is 0 Å². The van der Waals surface area contributed by atoms with Gasteiger partial charge in [0, 0.05) is 23.3 Å². The fourth-order valence-corrected chi connectivity index (χ4v) is 2.55. The molecule has 0 spiro atoms. The first kappa shape index (κ1) is 14.0. The molecule has 2 aromatic rings. The minimum Gasteiger partial charge on any atom is -0.508 e. The Morgan fingerprint density at radius 2 is 1.42 bits per heavy atom. The quantitative estimate of drug-likeness (QED) is 0.586. The van der Waals surface area contributed by atoms with E-state index in [-0.39, 0.29) is 26.7 Å². The van der Waals surface area contributed by atoms with Gasteiger partial charge < -0.3 is 20.4 Å². The summed E-state index contributed by atoms with van der Waals surface area (Å²) in [5.41, 5.74) is 1.28. The van der Waals surface area contributed by atoms with Crippen LogP contribution < -0.4 is 0 Å². The molecule has 4 N–H and O–H groups in total. The second-order valence-corrected chi connectivity index (χ2v) is 6.99. The lowest BCUT2D eigenvalue weighted by atomic mass is 9.98. The molecule has 0 heterocycles. The highest BCUT2D eigenvalue weighted by molar-refractivity contribution is 9.24. The van der Waals surface area contributed by atoms with Crippen molar-refractivity contribution in [3.8, 4) is 34.1 Å². The van der Waals surface area contributed by atoms with Crippen LogP contribution in [0, 0.1) is 0 Å². The maximum Gasteiger partial charge on any atom is 0.127 e. The first-order valence-electron chi connectivity index (χ1n) is 5.26. The molecule has 0 aliphatic heterocycles. The van der Waals surface area contributed by atoms with Gasteiger partial charge in [0.2, 0.25) is 0 Å². The van der Waals surface area contributed by atoms with Gasteiger partial charge in [-0.25, -0.2) is 0 Å². The molecule has 0 bridgehead atoms. The maximum absolute atomic E-state index is 9.99. The smallest absolute Gasteiger partial charge is 0.127 e. The lowest BCUT2D eigenvalue weighted by Gasteiger charge is -2.15. The van der Waals surface area contributed by atoms with Gasteiger partial charge in [-0.15, -0.1) is 0 Å². The summed E-state index contributed by atoms with van der Waals surface area (Å²) in [5, 5.41) is 38.7. The highest BCUT2D eigenvalue weighted by Gasteiger charge is 2.19. The van der Waals surface area contributed by atoms with E-state index in [0.717, 1.165) is 0 Å². The molecule has 0 unspecified atom stereocenters. The fourth-order valence-electron chi connectivity index (χ4n) is 1.83. The minimum atomic E-state index is -0.318. The topological polar surface area (TPSA) is 80.9 Å². The highest BCUT2D eigenvalue weighted by Crippen LogP contribution is 2.46. The van der Waals surface area contributed by atoms with E-state index in [1.807, 2.05) is 0 Å². The Bertz CT molecular complexity index is 626. The van der Waals surface area contributed by atoms with Crippen molar-refractivity contribution >= 4 is 31.9 Å². The molecule has 0 radical (unpaired) electrons. The molecule has 2 aromatic carbocycles. The van der Waals surface area contributed by atoms with Crippen LogP contribution >= 0.6 is 31.9 Å². The van der Waals surface area contributed by atoms with E-state index in [2.05, 4.69) is 31.9 Å². The Labute approximate surface area is 126 Å². The third kappa shape index (κ3) is 2.79. The van der Waals surface area contributed by atoms with Gasteiger partial charge in [0.25, 0.3) is 0 Å². The number of phenolic OH excluding ortho intramolecular Hbond substituents is 4. The number of benzene rings is 2.